The van der Waals surface area contributed by atoms with Crippen molar-refractivity contribution in [2.24, 2.45) is 0 Å². The van der Waals surface area contributed by atoms with E-state index in [1.165, 1.54) is 11.7 Å². The third-order valence-corrected chi connectivity index (χ3v) is 6.73. The average molecular weight is 515 g/mol. The highest BCUT2D eigenvalue weighted by atomic mass is 16.5. The molecule has 0 saturated heterocycles. The van der Waals surface area contributed by atoms with Crippen molar-refractivity contribution >= 4 is 11.2 Å². The molecule has 0 spiro atoms. The van der Waals surface area contributed by atoms with Crippen LogP contribution in [0.5, 0.6) is 0 Å². The Bertz CT molecular complexity index is 1680. The summed E-state index contributed by atoms with van der Waals surface area (Å²) in [5.74, 6) is 1.28. The van der Waals surface area contributed by atoms with Gasteiger partial charge in [-0.05, 0) is 35.2 Å². The Hall–Kier alpha value is -4.38. The summed E-state index contributed by atoms with van der Waals surface area (Å²) in [5.41, 5.74) is 3.90. The largest absolute Gasteiger partial charge is 0.361 e. The highest BCUT2D eigenvalue weighted by Crippen LogP contribution is 2.30. The zero-order valence-electron chi connectivity index (χ0n) is 21.9. The molecule has 0 radical (unpaired) electrons. The molecule has 0 aliphatic carbocycles. The summed E-state index contributed by atoms with van der Waals surface area (Å²) in [7, 11) is 1.48. The van der Waals surface area contributed by atoms with Gasteiger partial charge in [-0.1, -0.05) is 62.4 Å². The topological polar surface area (TPSA) is 126 Å². The van der Waals surface area contributed by atoms with Crippen LogP contribution >= 0.6 is 0 Å². The van der Waals surface area contributed by atoms with E-state index in [4.69, 9.17) is 9.72 Å². The number of hydrogen-bond donors (Lipinski definition) is 1. The second-order valence-corrected chi connectivity index (χ2v) is 9.06. The molecule has 11 heteroatoms. The maximum absolute atomic E-state index is 13.6. The van der Waals surface area contributed by atoms with Gasteiger partial charge in [0.2, 0.25) is 5.82 Å². The van der Waals surface area contributed by atoms with Crippen LogP contribution in [-0.4, -0.2) is 46.4 Å². The molecule has 1 N–H and O–H groups in total. The van der Waals surface area contributed by atoms with Crippen LogP contribution in [0.4, 0.5) is 0 Å². The molecule has 2 aromatic carbocycles. The highest BCUT2D eigenvalue weighted by molar-refractivity contribution is 5.80. The fourth-order valence-electron chi connectivity index (χ4n) is 4.78. The van der Waals surface area contributed by atoms with Crippen LogP contribution < -0.4 is 11.2 Å². The molecule has 0 amide bonds. The Morgan fingerprint density at radius 2 is 1.74 bits per heavy atom. The molecule has 3 heterocycles. The molecular formula is C27H30N8O3. The van der Waals surface area contributed by atoms with Gasteiger partial charge < -0.3 is 9.30 Å². The maximum Gasteiger partial charge on any atom is 0.334 e. The molecule has 11 nitrogen and oxygen atoms in total. The molecule has 0 saturated carbocycles. The number of methoxy groups -OCH3 is 1. The summed E-state index contributed by atoms with van der Waals surface area (Å²) in [6, 6.07) is 16.0. The number of benzene rings is 2. The fraction of sp³-hybridized carbons (Fsp3) is 0.333. The minimum absolute atomic E-state index is 0.399. The predicted octanol–water partition coefficient (Wildman–Crippen LogP) is 3.39. The Labute approximate surface area is 218 Å². The highest BCUT2D eigenvalue weighted by Gasteiger charge is 2.23. The van der Waals surface area contributed by atoms with E-state index in [2.05, 4.69) is 20.6 Å². The lowest BCUT2D eigenvalue weighted by Crippen LogP contribution is -2.42. The Kier molecular flexibility index (Phi) is 7.01. The normalized spacial score (nSPS) is 12.3. The van der Waals surface area contributed by atoms with Crippen LogP contribution in [0.15, 0.2) is 58.1 Å². The van der Waals surface area contributed by atoms with E-state index in [0.717, 1.165) is 34.5 Å². The number of ether oxygens (including phenoxy) is 1. The number of aromatic amines is 1. The first-order valence-electron chi connectivity index (χ1n) is 12.7. The van der Waals surface area contributed by atoms with Crippen molar-refractivity contribution in [1.29, 1.82) is 0 Å². The van der Waals surface area contributed by atoms with E-state index in [0.29, 0.717) is 36.5 Å². The molecule has 0 aliphatic heterocycles. The van der Waals surface area contributed by atoms with Gasteiger partial charge in [0.05, 0.1) is 0 Å². The van der Waals surface area contributed by atoms with Gasteiger partial charge in [0.1, 0.15) is 12.1 Å². The summed E-state index contributed by atoms with van der Waals surface area (Å²) >= 11 is 0. The van der Waals surface area contributed by atoms with Crippen LogP contribution in [0.3, 0.4) is 0 Å². The molecule has 1 unspecified atom stereocenters. The number of aryl methyl sites for hydroxylation is 2. The van der Waals surface area contributed by atoms with Crippen LogP contribution in [0.25, 0.3) is 33.7 Å². The smallest absolute Gasteiger partial charge is 0.334 e. The first-order chi connectivity index (χ1) is 18.5. The first-order valence-corrected chi connectivity index (χ1v) is 12.7. The minimum Gasteiger partial charge on any atom is -0.361 e. The van der Waals surface area contributed by atoms with E-state index in [9.17, 15) is 9.59 Å². The van der Waals surface area contributed by atoms with Crippen molar-refractivity contribution in [3.8, 4) is 22.5 Å². The monoisotopic (exact) mass is 514 g/mol. The quantitative estimate of drug-likeness (QED) is 0.320. The van der Waals surface area contributed by atoms with E-state index < -0.39 is 17.5 Å². The minimum atomic E-state index is -0.700. The number of H-pyrrole nitrogens is 1. The third-order valence-electron chi connectivity index (χ3n) is 6.73. The van der Waals surface area contributed by atoms with Crippen molar-refractivity contribution in [2.75, 3.05) is 7.11 Å². The summed E-state index contributed by atoms with van der Waals surface area (Å²) in [6.45, 7) is 6.57. The Balaban J connectivity index is 1.59. The first kappa shape index (κ1) is 25.3. The predicted molar refractivity (Wildman–Crippen MR) is 144 cm³/mol. The zero-order valence-corrected chi connectivity index (χ0v) is 21.9. The van der Waals surface area contributed by atoms with Crippen LogP contribution in [0.2, 0.25) is 0 Å². The van der Waals surface area contributed by atoms with Crippen molar-refractivity contribution in [3.05, 3.63) is 80.8 Å². The van der Waals surface area contributed by atoms with Gasteiger partial charge in [-0.15, -0.1) is 10.2 Å². The number of hydrogen-bond acceptors (Lipinski definition) is 7. The van der Waals surface area contributed by atoms with Crippen molar-refractivity contribution in [2.45, 2.75) is 52.9 Å². The van der Waals surface area contributed by atoms with Gasteiger partial charge in [-0.2, -0.15) is 5.21 Å². The fourth-order valence-corrected chi connectivity index (χ4v) is 4.78. The number of tetrazole rings is 1. The van der Waals surface area contributed by atoms with E-state index in [-0.39, 0.29) is 0 Å². The number of aromatic nitrogens is 8. The molecule has 5 rings (SSSR count). The SMILES string of the molecule is CCCn1c(=O)n(C(C)OC)c(=O)c2c1nc(CC)n2Cc1ccc(-c2ccccc2-c2nn[nH]n2)cc1. The number of nitrogens with one attached hydrogen (secondary N) is 1. The molecular weight excluding hydrogens is 484 g/mol. The van der Waals surface area contributed by atoms with Crippen LogP contribution in [-0.2, 0) is 24.2 Å². The van der Waals surface area contributed by atoms with Crippen LogP contribution in [0, 0.1) is 0 Å². The Morgan fingerprint density at radius 1 is 1.00 bits per heavy atom. The number of nitrogens with zero attached hydrogens (tertiary/aromatic N) is 7. The Morgan fingerprint density at radius 3 is 2.37 bits per heavy atom. The molecule has 0 bridgehead atoms. The summed E-state index contributed by atoms with van der Waals surface area (Å²) in [4.78, 5) is 31.6. The molecule has 5 aromatic rings. The van der Waals surface area contributed by atoms with Gasteiger partial charge in [0.15, 0.2) is 11.2 Å². The lowest BCUT2D eigenvalue weighted by Gasteiger charge is -2.16. The zero-order chi connectivity index (χ0) is 26.8. The maximum atomic E-state index is 13.6. The van der Waals surface area contributed by atoms with Gasteiger partial charge in [-0.3, -0.25) is 9.36 Å². The molecule has 0 aliphatic rings. The number of fused-ring (bicyclic) bond motifs is 1. The molecule has 38 heavy (non-hydrogen) atoms. The lowest BCUT2D eigenvalue weighted by molar-refractivity contribution is 0.0530. The molecule has 3 aromatic heterocycles. The van der Waals surface area contributed by atoms with Gasteiger partial charge >= 0.3 is 5.69 Å². The van der Waals surface area contributed by atoms with Crippen LogP contribution in [0.1, 0.15) is 44.8 Å². The summed E-state index contributed by atoms with van der Waals surface area (Å²) in [5, 5.41) is 14.4. The van der Waals surface area contributed by atoms with Crippen molar-refractivity contribution in [3.63, 3.8) is 0 Å². The van der Waals surface area contributed by atoms with E-state index in [1.54, 1.807) is 11.5 Å². The molecule has 1 atom stereocenters. The molecule has 196 valence electrons. The van der Waals surface area contributed by atoms with E-state index >= 15 is 0 Å². The lowest BCUT2D eigenvalue weighted by atomic mass is 9.98. The van der Waals surface area contributed by atoms with E-state index in [1.807, 2.05) is 66.9 Å². The van der Waals surface area contributed by atoms with Gasteiger partial charge in [-0.25, -0.2) is 14.3 Å². The number of rotatable bonds is 9. The second-order valence-electron chi connectivity index (χ2n) is 9.06. The number of imidazole rings is 1. The van der Waals surface area contributed by atoms with Crippen molar-refractivity contribution in [1.82, 2.24) is 39.3 Å². The molecule has 0 fully saturated rings. The average Bonchev–Trinajstić information content (AvgIpc) is 3.60. The van der Waals surface area contributed by atoms with Gasteiger partial charge in [0.25, 0.3) is 5.56 Å². The van der Waals surface area contributed by atoms with Gasteiger partial charge in [0, 0.05) is 32.2 Å². The summed E-state index contributed by atoms with van der Waals surface area (Å²) in [6.07, 6.45) is 0.648. The second kappa shape index (κ2) is 10.5. The van der Waals surface area contributed by atoms with Crippen molar-refractivity contribution < 1.29 is 4.74 Å². The third kappa shape index (κ3) is 4.34. The standard InChI is InChI=1S/C27H30N8O3/c1-5-15-33-25-23(26(36)35(27(33)37)17(3)38-4)34(22(6-2)28-25)16-18-11-13-19(14-12-18)20-9-7-8-10-21(20)24-29-31-32-30-24/h7-14,17H,5-6,15-16H2,1-4H3,(H,29,30,31,32). The summed E-state index contributed by atoms with van der Waals surface area (Å²) < 4.78 is 10.0.